The number of hydrogen-bond donors (Lipinski definition) is 1. The van der Waals surface area contributed by atoms with Crippen molar-refractivity contribution >= 4 is 41.9 Å². The summed E-state index contributed by atoms with van der Waals surface area (Å²) in [6.07, 6.45) is 4.03. The van der Waals surface area contributed by atoms with Crippen molar-refractivity contribution in [1.82, 2.24) is 4.72 Å². The molecule has 2 rings (SSSR count). The highest BCUT2D eigenvalue weighted by Crippen LogP contribution is 2.28. The molecule has 0 heterocycles. The standard InChI is InChI=1S/C13H17Br2NO2S/c1-9-2-5-11(6-3-9)16-19(17,18)13-7-4-10(14)8-12(13)15/h4,7-9,11,16H,2-3,5-6H2,1H3. The molecule has 0 bridgehead atoms. The van der Waals surface area contributed by atoms with Crippen LogP contribution in [-0.4, -0.2) is 14.5 Å². The number of hydrogen-bond acceptors (Lipinski definition) is 2. The molecule has 19 heavy (non-hydrogen) atoms. The van der Waals surface area contributed by atoms with E-state index in [2.05, 4.69) is 43.5 Å². The minimum absolute atomic E-state index is 0.0664. The summed E-state index contributed by atoms with van der Waals surface area (Å²) in [6, 6.07) is 5.17. The van der Waals surface area contributed by atoms with Gasteiger partial charge in [0.2, 0.25) is 10.0 Å². The molecular formula is C13H17Br2NO2S. The Kier molecular flexibility index (Phi) is 5.09. The van der Waals surface area contributed by atoms with Gasteiger partial charge in [-0.15, -0.1) is 0 Å². The topological polar surface area (TPSA) is 46.2 Å². The van der Waals surface area contributed by atoms with Crippen LogP contribution < -0.4 is 4.72 Å². The lowest BCUT2D eigenvalue weighted by Gasteiger charge is -2.26. The summed E-state index contributed by atoms with van der Waals surface area (Å²) in [7, 11) is -3.44. The van der Waals surface area contributed by atoms with Gasteiger partial charge in [0.1, 0.15) is 0 Å². The molecule has 1 fully saturated rings. The van der Waals surface area contributed by atoms with Crippen molar-refractivity contribution in [1.29, 1.82) is 0 Å². The Hall–Kier alpha value is 0.0900. The highest BCUT2D eigenvalue weighted by molar-refractivity contribution is 9.11. The second-order valence-corrected chi connectivity index (χ2v) is 8.61. The van der Waals surface area contributed by atoms with E-state index in [1.54, 1.807) is 18.2 Å². The second-order valence-electron chi connectivity index (χ2n) is 5.15. The molecule has 106 valence electrons. The average Bonchev–Trinajstić information content (AvgIpc) is 2.31. The fraction of sp³-hybridized carbons (Fsp3) is 0.538. The number of sulfonamides is 1. The smallest absolute Gasteiger partial charge is 0.208 e. The van der Waals surface area contributed by atoms with Gasteiger partial charge in [0, 0.05) is 15.0 Å². The summed E-state index contributed by atoms with van der Waals surface area (Å²) >= 11 is 6.63. The van der Waals surface area contributed by atoms with E-state index in [0.29, 0.717) is 15.3 Å². The summed E-state index contributed by atoms with van der Waals surface area (Å²) in [5.74, 6) is 0.708. The van der Waals surface area contributed by atoms with Gasteiger partial charge in [-0.05, 0) is 65.7 Å². The van der Waals surface area contributed by atoms with E-state index in [4.69, 9.17) is 0 Å². The Bertz CT molecular complexity index is 552. The van der Waals surface area contributed by atoms with Crippen LogP contribution in [-0.2, 0) is 10.0 Å². The van der Waals surface area contributed by atoms with E-state index in [1.165, 1.54) is 0 Å². The van der Waals surface area contributed by atoms with E-state index in [-0.39, 0.29) is 6.04 Å². The van der Waals surface area contributed by atoms with E-state index < -0.39 is 10.0 Å². The first-order valence-electron chi connectivity index (χ1n) is 6.36. The number of rotatable bonds is 3. The third-order valence-electron chi connectivity index (χ3n) is 3.52. The minimum atomic E-state index is -3.44. The number of nitrogens with one attached hydrogen (secondary N) is 1. The lowest BCUT2D eigenvalue weighted by Crippen LogP contribution is -2.37. The predicted octanol–water partition coefficient (Wildman–Crippen LogP) is 4.07. The highest BCUT2D eigenvalue weighted by atomic mass is 79.9. The van der Waals surface area contributed by atoms with E-state index in [9.17, 15) is 8.42 Å². The Morgan fingerprint density at radius 3 is 2.37 bits per heavy atom. The molecule has 0 aliphatic heterocycles. The Morgan fingerprint density at radius 2 is 1.79 bits per heavy atom. The molecule has 3 nitrogen and oxygen atoms in total. The van der Waals surface area contributed by atoms with Crippen LogP contribution in [0.4, 0.5) is 0 Å². The first kappa shape index (κ1) is 15.5. The largest absolute Gasteiger partial charge is 0.241 e. The first-order valence-corrected chi connectivity index (χ1v) is 9.43. The van der Waals surface area contributed by atoms with E-state index in [1.807, 2.05) is 0 Å². The van der Waals surface area contributed by atoms with Crippen molar-refractivity contribution in [2.75, 3.05) is 0 Å². The van der Waals surface area contributed by atoms with Crippen LogP contribution >= 0.6 is 31.9 Å². The van der Waals surface area contributed by atoms with Gasteiger partial charge in [-0.3, -0.25) is 0 Å². The second kappa shape index (κ2) is 6.24. The van der Waals surface area contributed by atoms with Gasteiger partial charge < -0.3 is 0 Å². The molecule has 6 heteroatoms. The maximum atomic E-state index is 12.4. The van der Waals surface area contributed by atoms with Crippen LogP contribution in [0.15, 0.2) is 32.0 Å². The molecule has 0 atom stereocenters. The Balaban J connectivity index is 2.14. The van der Waals surface area contributed by atoms with Crippen molar-refractivity contribution in [3.8, 4) is 0 Å². The quantitative estimate of drug-likeness (QED) is 0.816. The van der Waals surface area contributed by atoms with E-state index >= 15 is 0 Å². The molecule has 1 aromatic rings. The van der Waals surface area contributed by atoms with Gasteiger partial charge in [-0.1, -0.05) is 22.9 Å². The van der Waals surface area contributed by atoms with Crippen molar-refractivity contribution in [3.63, 3.8) is 0 Å². The minimum Gasteiger partial charge on any atom is -0.208 e. The molecule has 1 aliphatic carbocycles. The SMILES string of the molecule is CC1CCC(NS(=O)(=O)c2ccc(Br)cc2Br)CC1. The van der Waals surface area contributed by atoms with Crippen LogP contribution in [0.3, 0.4) is 0 Å². The van der Waals surface area contributed by atoms with Crippen LogP contribution in [0.5, 0.6) is 0 Å². The predicted molar refractivity (Wildman–Crippen MR) is 83.6 cm³/mol. The maximum Gasteiger partial charge on any atom is 0.241 e. The number of benzene rings is 1. The maximum absolute atomic E-state index is 12.4. The molecule has 0 saturated heterocycles. The molecule has 0 aromatic heterocycles. The average molecular weight is 411 g/mol. The lowest BCUT2D eigenvalue weighted by molar-refractivity contribution is 0.332. The van der Waals surface area contributed by atoms with Gasteiger partial charge in [0.25, 0.3) is 0 Å². The van der Waals surface area contributed by atoms with Crippen molar-refractivity contribution in [3.05, 3.63) is 27.1 Å². The fourth-order valence-corrected chi connectivity index (χ4v) is 5.40. The van der Waals surface area contributed by atoms with Crippen molar-refractivity contribution in [2.45, 2.75) is 43.5 Å². The van der Waals surface area contributed by atoms with Gasteiger partial charge in [0.05, 0.1) is 4.90 Å². The molecule has 1 saturated carbocycles. The lowest BCUT2D eigenvalue weighted by atomic mass is 9.88. The fourth-order valence-electron chi connectivity index (χ4n) is 2.35. The molecule has 1 aromatic carbocycles. The third kappa shape index (κ3) is 4.03. The van der Waals surface area contributed by atoms with Crippen LogP contribution in [0, 0.1) is 5.92 Å². The Labute approximate surface area is 131 Å². The summed E-state index contributed by atoms with van der Waals surface area (Å²) in [5.41, 5.74) is 0. The first-order chi connectivity index (χ1) is 8.88. The van der Waals surface area contributed by atoms with Crippen LogP contribution in [0.25, 0.3) is 0 Å². The number of halogens is 2. The molecule has 1 aliphatic rings. The van der Waals surface area contributed by atoms with Gasteiger partial charge >= 0.3 is 0 Å². The molecule has 1 N–H and O–H groups in total. The van der Waals surface area contributed by atoms with Gasteiger partial charge in [-0.25, -0.2) is 13.1 Å². The van der Waals surface area contributed by atoms with E-state index in [0.717, 1.165) is 30.2 Å². The summed E-state index contributed by atoms with van der Waals surface area (Å²) in [5, 5.41) is 0. The van der Waals surface area contributed by atoms with Crippen molar-refractivity contribution < 1.29 is 8.42 Å². The molecule has 0 unspecified atom stereocenters. The van der Waals surface area contributed by atoms with Crippen LogP contribution in [0.1, 0.15) is 32.6 Å². The molecule has 0 spiro atoms. The van der Waals surface area contributed by atoms with Crippen molar-refractivity contribution in [2.24, 2.45) is 5.92 Å². The molecule has 0 amide bonds. The van der Waals surface area contributed by atoms with Gasteiger partial charge in [0.15, 0.2) is 0 Å². The summed E-state index contributed by atoms with van der Waals surface area (Å²) < 4.78 is 29.0. The summed E-state index contributed by atoms with van der Waals surface area (Å²) in [6.45, 7) is 2.22. The monoisotopic (exact) mass is 409 g/mol. The molecular weight excluding hydrogens is 394 g/mol. The highest BCUT2D eigenvalue weighted by Gasteiger charge is 2.25. The normalized spacial score (nSPS) is 24.4. The van der Waals surface area contributed by atoms with Crippen LogP contribution in [0.2, 0.25) is 0 Å². The molecule has 0 radical (unpaired) electrons. The summed E-state index contributed by atoms with van der Waals surface area (Å²) in [4.78, 5) is 0.300. The zero-order valence-electron chi connectivity index (χ0n) is 10.7. The zero-order chi connectivity index (χ0) is 14.0. The van der Waals surface area contributed by atoms with Gasteiger partial charge in [-0.2, -0.15) is 0 Å². The Morgan fingerprint density at radius 1 is 1.16 bits per heavy atom. The zero-order valence-corrected chi connectivity index (χ0v) is 14.7. The third-order valence-corrected chi connectivity index (χ3v) is 6.51.